The van der Waals surface area contributed by atoms with E-state index in [1.165, 1.54) is 4.68 Å². The van der Waals surface area contributed by atoms with E-state index in [0.717, 1.165) is 15.4 Å². The minimum Gasteiger partial charge on any atom is -0.493 e. The number of aromatic nitrogens is 2. The molecule has 0 saturated heterocycles. The van der Waals surface area contributed by atoms with Crippen LogP contribution in [0.3, 0.4) is 0 Å². The van der Waals surface area contributed by atoms with Crippen LogP contribution in [-0.4, -0.2) is 29.6 Å². The molecule has 0 amide bonds. The van der Waals surface area contributed by atoms with Crippen molar-refractivity contribution in [1.82, 2.24) is 9.66 Å². The van der Waals surface area contributed by atoms with Gasteiger partial charge >= 0.3 is 0 Å². The molecule has 0 radical (unpaired) electrons. The zero-order valence-corrected chi connectivity index (χ0v) is 20.7. The smallest absolute Gasteiger partial charge is 0.282 e. The number of rotatable bonds is 8. The van der Waals surface area contributed by atoms with Crippen LogP contribution in [0.15, 0.2) is 61.8 Å². The van der Waals surface area contributed by atoms with Crippen molar-refractivity contribution in [3.05, 3.63) is 73.7 Å². The summed E-state index contributed by atoms with van der Waals surface area (Å²) in [5.74, 6) is 1.72. The van der Waals surface area contributed by atoms with Crippen molar-refractivity contribution in [2.24, 2.45) is 5.10 Å². The van der Waals surface area contributed by atoms with Gasteiger partial charge < -0.3 is 9.47 Å². The van der Waals surface area contributed by atoms with E-state index in [1.54, 1.807) is 25.5 Å². The molecule has 31 heavy (non-hydrogen) atoms. The molecular formula is C23H23Br2N3O3. The van der Waals surface area contributed by atoms with E-state index in [9.17, 15) is 4.79 Å². The van der Waals surface area contributed by atoms with Crippen LogP contribution in [0, 0.1) is 0 Å². The topological polar surface area (TPSA) is 65.7 Å². The second kappa shape index (κ2) is 10.2. The Hall–Kier alpha value is -2.45. The van der Waals surface area contributed by atoms with E-state index in [1.807, 2.05) is 31.2 Å². The number of ether oxygens (including phenoxy) is 2. The highest BCUT2D eigenvalue weighted by Crippen LogP contribution is 2.34. The Bertz CT molecular complexity index is 1200. The third kappa shape index (κ3) is 5.07. The van der Waals surface area contributed by atoms with E-state index < -0.39 is 0 Å². The maximum atomic E-state index is 13.3. The number of benzene rings is 2. The highest BCUT2D eigenvalue weighted by atomic mass is 79.9. The van der Waals surface area contributed by atoms with E-state index in [0.29, 0.717) is 40.4 Å². The summed E-state index contributed by atoms with van der Waals surface area (Å²) in [6.45, 7) is 8.08. The van der Waals surface area contributed by atoms with Crippen molar-refractivity contribution >= 4 is 49.0 Å². The minimum absolute atomic E-state index is 0.0476. The largest absolute Gasteiger partial charge is 0.493 e. The molecule has 0 spiro atoms. The fourth-order valence-corrected chi connectivity index (χ4v) is 3.85. The number of halogens is 2. The summed E-state index contributed by atoms with van der Waals surface area (Å²) >= 11 is 6.91. The van der Waals surface area contributed by atoms with Gasteiger partial charge in [-0.3, -0.25) is 4.79 Å². The third-order valence-electron chi connectivity index (χ3n) is 4.81. The predicted molar refractivity (Wildman–Crippen MR) is 132 cm³/mol. The first-order valence-electron chi connectivity index (χ1n) is 9.77. The second-order valence-corrected chi connectivity index (χ2v) is 8.76. The van der Waals surface area contributed by atoms with E-state index in [-0.39, 0.29) is 11.5 Å². The van der Waals surface area contributed by atoms with Crippen LogP contribution in [0.2, 0.25) is 0 Å². The summed E-state index contributed by atoms with van der Waals surface area (Å²) < 4.78 is 14.2. The molecule has 6 nitrogen and oxygen atoms in total. The van der Waals surface area contributed by atoms with Crippen LogP contribution in [0.25, 0.3) is 10.9 Å². The number of nitrogens with zero attached hydrogens (tertiary/aromatic N) is 3. The van der Waals surface area contributed by atoms with Gasteiger partial charge in [-0.2, -0.15) is 9.78 Å². The van der Waals surface area contributed by atoms with Crippen molar-refractivity contribution in [3.63, 3.8) is 0 Å². The first-order chi connectivity index (χ1) is 14.9. The Morgan fingerprint density at radius 1 is 1.26 bits per heavy atom. The van der Waals surface area contributed by atoms with E-state index in [4.69, 9.17) is 14.5 Å². The Balaban J connectivity index is 2.21. The monoisotopic (exact) mass is 547 g/mol. The molecule has 0 fully saturated rings. The van der Waals surface area contributed by atoms with Gasteiger partial charge in [0.25, 0.3) is 5.56 Å². The molecule has 2 aromatic carbocycles. The SMILES string of the molecule is C=CCOc1c(C=Nn2c([C@@H](C)CC)nc3ccc(Br)cc3c2=O)cc(Br)cc1OC. The lowest BCUT2D eigenvalue weighted by atomic mass is 10.1. The molecule has 3 rings (SSSR count). The molecule has 162 valence electrons. The molecule has 0 aliphatic carbocycles. The lowest BCUT2D eigenvalue weighted by molar-refractivity contribution is 0.326. The summed E-state index contributed by atoms with van der Waals surface area (Å²) in [7, 11) is 1.57. The van der Waals surface area contributed by atoms with E-state index in [2.05, 4.69) is 50.5 Å². The highest BCUT2D eigenvalue weighted by molar-refractivity contribution is 9.10. The minimum atomic E-state index is -0.228. The molecule has 0 bridgehead atoms. The van der Waals surface area contributed by atoms with Crippen LogP contribution < -0.4 is 15.0 Å². The van der Waals surface area contributed by atoms with Crippen LogP contribution in [-0.2, 0) is 0 Å². The molecule has 0 unspecified atom stereocenters. The first-order valence-corrected chi connectivity index (χ1v) is 11.4. The molecule has 1 atom stereocenters. The fraction of sp³-hybridized carbons (Fsp3) is 0.261. The number of methoxy groups -OCH3 is 1. The van der Waals surface area contributed by atoms with Gasteiger partial charge in [0.15, 0.2) is 11.5 Å². The Labute approximate surface area is 197 Å². The quantitative estimate of drug-likeness (QED) is 0.260. The Morgan fingerprint density at radius 3 is 2.71 bits per heavy atom. The van der Waals surface area contributed by atoms with Gasteiger partial charge in [0.2, 0.25) is 0 Å². The molecular weight excluding hydrogens is 526 g/mol. The average molecular weight is 549 g/mol. The molecule has 8 heteroatoms. The third-order valence-corrected chi connectivity index (χ3v) is 5.76. The average Bonchev–Trinajstić information content (AvgIpc) is 2.76. The van der Waals surface area contributed by atoms with Gasteiger partial charge in [0, 0.05) is 20.4 Å². The van der Waals surface area contributed by atoms with Crippen molar-refractivity contribution < 1.29 is 9.47 Å². The molecule has 3 aromatic rings. The molecule has 0 aliphatic rings. The number of hydrogen-bond acceptors (Lipinski definition) is 5. The van der Waals surface area contributed by atoms with Crippen molar-refractivity contribution in [3.8, 4) is 11.5 Å². The normalized spacial score (nSPS) is 12.3. The number of hydrogen-bond donors (Lipinski definition) is 0. The van der Waals surface area contributed by atoms with Gasteiger partial charge in [-0.1, -0.05) is 58.4 Å². The van der Waals surface area contributed by atoms with Crippen molar-refractivity contribution in [2.75, 3.05) is 13.7 Å². The summed E-state index contributed by atoms with van der Waals surface area (Å²) in [5, 5.41) is 5.02. The van der Waals surface area contributed by atoms with E-state index >= 15 is 0 Å². The Kier molecular flexibility index (Phi) is 7.67. The number of fused-ring (bicyclic) bond motifs is 1. The highest BCUT2D eigenvalue weighted by Gasteiger charge is 2.16. The van der Waals surface area contributed by atoms with Gasteiger partial charge in [0.05, 0.1) is 24.2 Å². The lowest BCUT2D eigenvalue weighted by Gasteiger charge is -2.15. The fourth-order valence-electron chi connectivity index (χ4n) is 3.03. The van der Waals surface area contributed by atoms with Crippen LogP contribution >= 0.6 is 31.9 Å². The van der Waals surface area contributed by atoms with Gasteiger partial charge in [0.1, 0.15) is 12.4 Å². The van der Waals surface area contributed by atoms with Crippen LogP contribution in [0.4, 0.5) is 0 Å². The van der Waals surface area contributed by atoms with Gasteiger partial charge in [-0.05, 0) is 36.8 Å². The lowest BCUT2D eigenvalue weighted by Crippen LogP contribution is -2.23. The summed E-state index contributed by atoms with van der Waals surface area (Å²) in [6.07, 6.45) is 4.06. The van der Waals surface area contributed by atoms with Crippen molar-refractivity contribution in [1.29, 1.82) is 0 Å². The summed E-state index contributed by atoms with van der Waals surface area (Å²) in [4.78, 5) is 18.0. The summed E-state index contributed by atoms with van der Waals surface area (Å²) in [6, 6.07) is 9.13. The van der Waals surface area contributed by atoms with Crippen molar-refractivity contribution in [2.45, 2.75) is 26.2 Å². The first kappa shape index (κ1) is 23.2. The van der Waals surface area contributed by atoms with Gasteiger partial charge in [-0.25, -0.2) is 4.98 Å². The predicted octanol–water partition coefficient (Wildman–Crippen LogP) is 5.89. The summed E-state index contributed by atoms with van der Waals surface area (Å²) in [5.41, 5.74) is 1.08. The maximum Gasteiger partial charge on any atom is 0.282 e. The van der Waals surface area contributed by atoms with Crippen LogP contribution in [0.1, 0.15) is 37.6 Å². The van der Waals surface area contributed by atoms with Gasteiger partial charge in [-0.15, -0.1) is 0 Å². The molecule has 0 saturated carbocycles. The zero-order chi connectivity index (χ0) is 22.5. The molecule has 1 aromatic heterocycles. The molecule has 0 aliphatic heterocycles. The standard InChI is InChI=1S/C23H23Br2N3O3/c1-5-9-31-21-15(10-17(25)12-20(21)30-4)13-26-28-22(14(3)6-2)27-19-8-7-16(24)11-18(19)23(28)29/h5,7-8,10-14H,1,6,9H2,2-4H3/t14-/m0/s1. The molecule has 0 N–H and O–H groups in total. The second-order valence-electron chi connectivity index (χ2n) is 6.93. The molecule has 1 heterocycles. The maximum absolute atomic E-state index is 13.3. The zero-order valence-electron chi connectivity index (χ0n) is 17.6. The van der Waals surface area contributed by atoms with Crippen LogP contribution in [0.5, 0.6) is 11.5 Å². The Morgan fingerprint density at radius 2 is 2.03 bits per heavy atom.